The molecule has 4 heterocycles. The predicted molar refractivity (Wildman–Crippen MR) is 138 cm³/mol. The van der Waals surface area contributed by atoms with E-state index in [1.807, 2.05) is 12.1 Å². The minimum absolute atomic E-state index is 0.481. The van der Waals surface area contributed by atoms with Gasteiger partial charge in [0.05, 0.1) is 34.7 Å². The summed E-state index contributed by atoms with van der Waals surface area (Å²) < 4.78 is 0. The van der Waals surface area contributed by atoms with Gasteiger partial charge in [0.2, 0.25) is 0 Å². The molecule has 3 unspecified atom stereocenters. The summed E-state index contributed by atoms with van der Waals surface area (Å²) in [5.74, 6) is 9.56. The highest BCUT2D eigenvalue weighted by molar-refractivity contribution is 6.04. The van der Waals surface area contributed by atoms with E-state index in [9.17, 15) is 0 Å². The molecular weight excluding hydrogens is 432 g/mol. The largest absolute Gasteiger partial charge is 0.341 e. The molecule has 5 aromatic rings. The van der Waals surface area contributed by atoms with Crippen molar-refractivity contribution in [2.75, 3.05) is 6.54 Å². The third-order valence-electron chi connectivity index (χ3n) is 7.98. The van der Waals surface area contributed by atoms with E-state index in [4.69, 9.17) is 9.97 Å². The fourth-order valence-corrected chi connectivity index (χ4v) is 5.57. The van der Waals surface area contributed by atoms with Crippen LogP contribution < -0.4 is 5.32 Å². The molecule has 3 N–H and O–H groups in total. The molecule has 0 amide bonds. The number of nitrogens with zero attached hydrogens (tertiary/aromatic N) is 3. The zero-order valence-electron chi connectivity index (χ0n) is 19.6. The van der Waals surface area contributed by atoms with Gasteiger partial charge in [-0.05, 0) is 60.5 Å². The van der Waals surface area contributed by atoms with E-state index < -0.39 is 0 Å². The standard InChI is InChI=1S/C29H26N6/c1-16-10-24(16)30-14-27-31-22-8-5-18(12-25(22)32-27)3-2-17-4-7-21-19(11-17)6-9-23-28(21)34-29(33-23)26-13-20-15-35(20)26/h4-9,11-12,16,20,24,26,30H,10,13-15H2,1H3,(H,31,32)(H,33,34)/t16?,20-,24?,26-,35?/m0/s1. The van der Waals surface area contributed by atoms with Gasteiger partial charge in [-0.2, -0.15) is 0 Å². The summed E-state index contributed by atoms with van der Waals surface area (Å²) in [6.07, 6.45) is 2.50. The van der Waals surface area contributed by atoms with Gasteiger partial charge in [0.25, 0.3) is 0 Å². The lowest BCUT2D eigenvalue weighted by Gasteiger charge is -2.24. The molecule has 3 aliphatic rings. The topological polar surface area (TPSA) is 72.4 Å². The average molecular weight is 459 g/mol. The normalized spacial score (nSPS) is 26.4. The number of aromatic nitrogens is 4. The molecule has 2 saturated heterocycles. The van der Waals surface area contributed by atoms with Gasteiger partial charge in [0.1, 0.15) is 11.6 Å². The summed E-state index contributed by atoms with van der Waals surface area (Å²) in [5, 5.41) is 5.91. The maximum atomic E-state index is 4.98. The van der Waals surface area contributed by atoms with Gasteiger partial charge >= 0.3 is 0 Å². The second-order valence-electron chi connectivity index (χ2n) is 10.5. The zero-order chi connectivity index (χ0) is 23.1. The first-order valence-electron chi connectivity index (χ1n) is 12.6. The molecule has 172 valence electrons. The molecule has 0 spiro atoms. The Morgan fingerprint density at radius 1 is 0.971 bits per heavy atom. The summed E-state index contributed by atoms with van der Waals surface area (Å²) in [6.45, 7) is 4.29. The van der Waals surface area contributed by atoms with Crippen molar-refractivity contribution >= 4 is 32.8 Å². The summed E-state index contributed by atoms with van der Waals surface area (Å²) >= 11 is 0. The lowest BCUT2D eigenvalue weighted by molar-refractivity contribution is 0.245. The van der Waals surface area contributed by atoms with Crippen LogP contribution in [0.4, 0.5) is 0 Å². The van der Waals surface area contributed by atoms with E-state index in [-0.39, 0.29) is 0 Å². The van der Waals surface area contributed by atoms with Crippen LogP contribution in [-0.2, 0) is 6.54 Å². The van der Waals surface area contributed by atoms with Gasteiger partial charge in [-0.25, -0.2) is 9.97 Å². The van der Waals surface area contributed by atoms with E-state index in [0.717, 1.165) is 63.3 Å². The number of fused-ring (bicyclic) bond motifs is 5. The Hall–Kier alpha value is -3.66. The molecule has 2 aromatic heterocycles. The average Bonchev–Trinajstić information content (AvgIpc) is 3.57. The molecule has 0 radical (unpaired) electrons. The number of benzene rings is 3. The Kier molecular flexibility index (Phi) is 4.02. The lowest BCUT2D eigenvalue weighted by atomic mass is 10.1. The van der Waals surface area contributed by atoms with Crippen molar-refractivity contribution in [1.82, 2.24) is 30.2 Å². The Morgan fingerprint density at radius 3 is 2.63 bits per heavy atom. The van der Waals surface area contributed by atoms with Crippen molar-refractivity contribution in [2.45, 2.75) is 44.4 Å². The number of rotatable bonds is 4. The van der Waals surface area contributed by atoms with Crippen LogP contribution in [0.2, 0.25) is 0 Å². The van der Waals surface area contributed by atoms with Crippen LogP contribution in [0.15, 0.2) is 48.5 Å². The molecule has 3 aromatic carbocycles. The predicted octanol–water partition coefficient (Wildman–Crippen LogP) is 4.62. The molecule has 2 aliphatic heterocycles. The summed E-state index contributed by atoms with van der Waals surface area (Å²) in [4.78, 5) is 19.2. The Balaban J connectivity index is 1.05. The van der Waals surface area contributed by atoms with Gasteiger partial charge in [0, 0.05) is 35.1 Å². The molecule has 8 rings (SSSR count). The first-order chi connectivity index (χ1) is 17.2. The quantitative estimate of drug-likeness (QED) is 0.271. The van der Waals surface area contributed by atoms with Crippen LogP contribution in [0.1, 0.15) is 48.6 Å². The molecule has 1 saturated carbocycles. The van der Waals surface area contributed by atoms with E-state index >= 15 is 0 Å². The van der Waals surface area contributed by atoms with Crippen molar-refractivity contribution in [2.24, 2.45) is 5.92 Å². The Labute approximate surface area is 203 Å². The Morgan fingerprint density at radius 2 is 1.83 bits per heavy atom. The van der Waals surface area contributed by atoms with E-state index in [0.29, 0.717) is 12.1 Å². The minimum Gasteiger partial charge on any atom is -0.341 e. The van der Waals surface area contributed by atoms with Crippen molar-refractivity contribution in [3.63, 3.8) is 0 Å². The van der Waals surface area contributed by atoms with Gasteiger partial charge < -0.3 is 15.3 Å². The highest BCUT2D eigenvalue weighted by Crippen LogP contribution is 2.48. The van der Waals surface area contributed by atoms with Crippen LogP contribution in [0.3, 0.4) is 0 Å². The third-order valence-corrected chi connectivity index (χ3v) is 7.98. The first kappa shape index (κ1) is 19.6. The van der Waals surface area contributed by atoms with E-state index in [1.165, 1.54) is 30.2 Å². The summed E-state index contributed by atoms with van der Waals surface area (Å²) in [6, 6.07) is 18.9. The third kappa shape index (κ3) is 3.35. The fraction of sp³-hybridized carbons (Fsp3) is 0.310. The number of nitrogens with one attached hydrogen (secondary N) is 3. The van der Waals surface area contributed by atoms with Crippen molar-refractivity contribution < 1.29 is 0 Å². The highest BCUT2D eigenvalue weighted by Gasteiger charge is 2.52. The first-order valence-corrected chi connectivity index (χ1v) is 12.6. The van der Waals surface area contributed by atoms with Gasteiger partial charge in [-0.1, -0.05) is 30.9 Å². The van der Waals surface area contributed by atoms with Crippen LogP contribution >= 0.6 is 0 Å². The van der Waals surface area contributed by atoms with Crippen molar-refractivity contribution in [3.05, 3.63) is 71.3 Å². The molecular formula is C29H26N6. The summed E-state index contributed by atoms with van der Waals surface area (Å²) in [7, 11) is 0. The molecule has 5 atom stereocenters. The fourth-order valence-electron chi connectivity index (χ4n) is 5.57. The monoisotopic (exact) mass is 458 g/mol. The number of hydrogen-bond acceptors (Lipinski definition) is 4. The van der Waals surface area contributed by atoms with Crippen LogP contribution in [0.5, 0.6) is 0 Å². The smallest absolute Gasteiger partial charge is 0.124 e. The van der Waals surface area contributed by atoms with E-state index in [1.54, 1.807) is 0 Å². The minimum atomic E-state index is 0.481. The number of H-pyrrole nitrogens is 2. The second kappa shape index (κ2) is 7.17. The molecule has 3 fully saturated rings. The van der Waals surface area contributed by atoms with Crippen LogP contribution in [-0.4, -0.2) is 43.5 Å². The molecule has 6 nitrogen and oxygen atoms in total. The maximum absolute atomic E-state index is 4.98. The van der Waals surface area contributed by atoms with Gasteiger partial charge in [-0.15, -0.1) is 0 Å². The second-order valence-corrected chi connectivity index (χ2v) is 10.5. The molecule has 0 bridgehead atoms. The number of imidazole rings is 2. The number of aromatic amines is 2. The molecule has 1 aliphatic carbocycles. The van der Waals surface area contributed by atoms with E-state index in [2.05, 4.69) is 75.3 Å². The van der Waals surface area contributed by atoms with Crippen molar-refractivity contribution in [3.8, 4) is 11.8 Å². The maximum Gasteiger partial charge on any atom is 0.124 e. The van der Waals surface area contributed by atoms with Gasteiger partial charge in [0.15, 0.2) is 0 Å². The highest BCUT2D eigenvalue weighted by atomic mass is 15.4. The lowest BCUT2D eigenvalue weighted by Crippen LogP contribution is -2.25. The Bertz CT molecular complexity index is 1700. The SMILES string of the molecule is CC1CC1NCc1nc2ccc(C#Cc3ccc4c(ccc5[nH]c([C@@H]6C[C@H]7CN76)nc54)c3)cc2[nH]1. The van der Waals surface area contributed by atoms with Gasteiger partial charge in [-0.3, -0.25) is 4.90 Å². The van der Waals surface area contributed by atoms with Crippen LogP contribution in [0.25, 0.3) is 32.8 Å². The molecule has 6 heteroatoms. The zero-order valence-corrected chi connectivity index (χ0v) is 19.6. The number of hydrogen-bond donors (Lipinski definition) is 3. The van der Waals surface area contributed by atoms with Crippen LogP contribution in [0, 0.1) is 17.8 Å². The van der Waals surface area contributed by atoms with Crippen molar-refractivity contribution in [1.29, 1.82) is 0 Å². The summed E-state index contributed by atoms with van der Waals surface area (Å²) in [5.41, 5.74) is 6.19. The molecule has 35 heavy (non-hydrogen) atoms.